The van der Waals surface area contributed by atoms with Gasteiger partial charge >= 0.3 is 0 Å². The van der Waals surface area contributed by atoms with Crippen molar-refractivity contribution in [3.05, 3.63) is 33.6 Å². The van der Waals surface area contributed by atoms with E-state index in [1.165, 1.54) is 4.88 Å². The number of aromatic nitrogens is 2. The fourth-order valence-electron chi connectivity index (χ4n) is 1.33. The Morgan fingerprint density at radius 3 is 2.88 bits per heavy atom. The van der Waals surface area contributed by atoms with Crippen molar-refractivity contribution in [2.75, 3.05) is 17.7 Å². The SMILES string of the molecule is CN(Cc1ccc(Cl)s1)c1ccnc(N)n1. The maximum Gasteiger partial charge on any atom is 0.221 e. The summed E-state index contributed by atoms with van der Waals surface area (Å²) in [5.74, 6) is 1.09. The van der Waals surface area contributed by atoms with Crippen molar-refractivity contribution in [2.45, 2.75) is 6.54 Å². The number of thiophene rings is 1. The van der Waals surface area contributed by atoms with Crippen LogP contribution < -0.4 is 10.6 Å². The van der Waals surface area contributed by atoms with Crippen molar-refractivity contribution in [1.82, 2.24) is 9.97 Å². The molecule has 84 valence electrons. The van der Waals surface area contributed by atoms with Crippen LogP contribution in [0.2, 0.25) is 4.34 Å². The molecule has 2 N–H and O–H groups in total. The lowest BCUT2D eigenvalue weighted by atomic mass is 10.4. The van der Waals surface area contributed by atoms with Crippen molar-refractivity contribution in [3.8, 4) is 0 Å². The van der Waals surface area contributed by atoms with E-state index in [2.05, 4.69) is 9.97 Å². The second-order valence-electron chi connectivity index (χ2n) is 3.33. The van der Waals surface area contributed by atoms with Gasteiger partial charge in [-0.25, -0.2) is 4.98 Å². The molecule has 0 radical (unpaired) electrons. The summed E-state index contributed by atoms with van der Waals surface area (Å²) in [7, 11) is 1.95. The highest BCUT2D eigenvalue weighted by molar-refractivity contribution is 7.16. The van der Waals surface area contributed by atoms with E-state index in [0.717, 1.165) is 16.7 Å². The molecule has 0 fully saturated rings. The summed E-state index contributed by atoms with van der Waals surface area (Å²) in [6, 6.07) is 5.73. The minimum atomic E-state index is 0.286. The quantitative estimate of drug-likeness (QED) is 0.914. The lowest BCUT2D eigenvalue weighted by Crippen LogP contribution is -2.17. The van der Waals surface area contributed by atoms with Crippen molar-refractivity contribution in [1.29, 1.82) is 0 Å². The predicted octanol–water partition coefficient (Wildman–Crippen LogP) is 2.41. The van der Waals surface area contributed by atoms with Gasteiger partial charge in [-0.2, -0.15) is 4.98 Å². The predicted molar refractivity (Wildman–Crippen MR) is 67.9 cm³/mol. The van der Waals surface area contributed by atoms with E-state index >= 15 is 0 Å². The summed E-state index contributed by atoms with van der Waals surface area (Å²) < 4.78 is 0.797. The molecule has 0 atom stereocenters. The number of hydrogen-bond acceptors (Lipinski definition) is 5. The fourth-order valence-corrected chi connectivity index (χ4v) is 2.47. The number of rotatable bonds is 3. The molecule has 0 spiro atoms. The minimum Gasteiger partial charge on any atom is -0.368 e. The number of nitrogen functional groups attached to an aromatic ring is 1. The highest BCUT2D eigenvalue weighted by atomic mass is 35.5. The first-order chi connectivity index (χ1) is 7.65. The third-order valence-corrected chi connectivity index (χ3v) is 3.29. The van der Waals surface area contributed by atoms with Crippen LogP contribution in [0.25, 0.3) is 0 Å². The first-order valence-corrected chi connectivity index (χ1v) is 5.88. The lowest BCUT2D eigenvalue weighted by Gasteiger charge is -2.16. The first-order valence-electron chi connectivity index (χ1n) is 4.69. The highest BCUT2D eigenvalue weighted by Crippen LogP contribution is 2.23. The van der Waals surface area contributed by atoms with Crippen LogP contribution in [0.5, 0.6) is 0 Å². The number of anilines is 2. The molecule has 0 aliphatic heterocycles. The standard InChI is InChI=1S/C10H11ClN4S/c1-15(6-7-2-3-8(11)16-7)9-4-5-13-10(12)14-9/h2-5H,6H2,1H3,(H2,12,13,14). The molecular formula is C10H11ClN4S. The molecule has 2 aromatic rings. The molecule has 0 saturated heterocycles. The van der Waals surface area contributed by atoms with Gasteiger partial charge in [-0.05, 0) is 18.2 Å². The number of hydrogen-bond donors (Lipinski definition) is 1. The molecule has 0 aromatic carbocycles. The molecule has 0 aliphatic carbocycles. The second kappa shape index (κ2) is 4.67. The van der Waals surface area contributed by atoms with E-state index in [1.807, 2.05) is 30.1 Å². The largest absolute Gasteiger partial charge is 0.368 e. The Kier molecular flexibility index (Phi) is 3.26. The van der Waals surface area contributed by atoms with E-state index in [1.54, 1.807) is 17.5 Å². The van der Waals surface area contributed by atoms with Crippen LogP contribution in [-0.2, 0) is 6.54 Å². The molecule has 0 aliphatic rings. The molecule has 0 bridgehead atoms. The Morgan fingerprint density at radius 2 is 2.25 bits per heavy atom. The zero-order valence-electron chi connectivity index (χ0n) is 8.72. The number of nitrogens with zero attached hydrogens (tertiary/aromatic N) is 3. The molecule has 0 unspecified atom stereocenters. The molecule has 2 aromatic heterocycles. The van der Waals surface area contributed by atoms with Gasteiger partial charge in [0.15, 0.2) is 0 Å². The molecule has 6 heteroatoms. The van der Waals surface area contributed by atoms with Gasteiger partial charge < -0.3 is 10.6 Å². The third kappa shape index (κ3) is 2.62. The molecule has 0 saturated carbocycles. The zero-order valence-corrected chi connectivity index (χ0v) is 10.3. The Morgan fingerprint density at radius 1 is 1.44 bits per heavy atom. The Labute approximate surface area is 103 Å². The van der Waals surface area contributed by atoms with Crippen LogP contribution in [0.4, 0.5) is 11.8 Å². The normalized spacial score (nSPS) is 10.4. The maximum absolute atomic E-state index is 5.87. The van der Waals surface area contributed by atoms with E-state index in [9.17, 15) is 0 Å². The van der Waals surface area contributed by atoms with Gasteiger partial charge in [-0.1, -0.05) is 11.6 Å². The monoisotopic (exact) mass is 254 g/mol. The van der Waals surface area contributed by atoms with Gasteiger partial charge in [-0.15, -0.1) is 11.3 Å². The van der Waals surface area contributed by atoms with Gasteiger partial charge in [0.2, 0.25) is 5.95 Å². The van der Waals surface area contributed by atoms with Crippen molar-refractivity contribution in [2.24, 2.45) is 0 Å². The summed E-state index contributed by atoms with van der Waals surface area (Å²) in [6.07, 6.45) is 1.65. The minimum absolute atomic E-state index is 0.286. The molecule has 4 nitrogen and oxygen atoms in total. The van der Waals surface area contributed by atoms with Gasteiger partial charge in [0, 0.05) is 18.1 Å². The summed E-state index contributed by atoms with van der Waals surface area (Å²) in [6.45, 7) is 0.758. The molecule has 2 rings (SSSR count). The Bertz CT molecular complexity index is 485. The van der Waals surface area contributed by atoms with Crippen molar-refractivity contribution < 1.29 is 0 Å². The number of nitrogens with two attached hydrogens (primary N) is 1. The second-order valence-corrected chi connectivity index (χ2v) is 5.13. The maximum atomic E-state index is 5.87. The van der Waals surface area contributed by atoms with Crippen LogP contribution in [0.15, 0.2) is 24.4 Å². The van der Waals surface area contributed by atoms with Crippen LogP contribution in [0.1, 0.15) is 4.88 Å². The topological polar surface area (TPSA) is 55.0 Å². The van der Waals surface area contributed by atoms with Crippen LogP contribution >= 0.6 is 22.9 Å². The Balaban J connectivity index is 2.11. The highest BCUT2D eigenvalue weighted by Gasteiger charge is 2.06. The molecule has 0 amide bonds. The van der Waals surface area contributed by atoms with E-state index in [4.69, 9.17) is 17.3 Å². The van der Waals surface area contributed by atoms with Crippen molar-refractivity contribution in [3.63, 3.8) is 0 Å². The summed E-state index contributed by atoms with van der Waals surface area (Å²) in [5, 5.41) is 0. The van der Waals surface area contributed by atoms with E-state index < -0.39 is 0 Å². The average Bonchev–Trinajstić information content (AvgIpc) is 2.64. The number of halogens is 1. The van der Waals surface area contributed by atoms with Crippen molar-refractivity contribution >= 4 is 34.7 Å². The summed E-state index contributed by atoms with van der Waals surface area (Å²) in [4.78, 5) is 11.2. The van der Waals surface area contributed by atoms with Crippen LogP contribution in [0, 0.1) is 0 Å². The molecular weight excluding hydrogens is 244 g/mol. The summed E-state index contributed by atoms with van der Waals surface area (Å²) >= 11 is 7.43. The van der Waals surface area contributed by atoms with Gasteiger partial charge in [-0.3, -0.25) is 0 Å². The van der Waals surface area contributed by atoms with Gasteiger partial charge in [0.1, 0.15) is 5.82 Å². The summed E-state index contributed by atoms with van der Waals surface area (Å²) in [5.41, 5.74) is 5.53. The fraction of sp³-hybridized carbons (Fsp3) is 0.200. The van der Waals surface area contributed by atoms with Gasteiger partial charge in [0.25, 0.3) is 0 Å². The van der Waals surface area contributed by atoms with Gasteiger partial charge in [0.05, 0.1) is 10.9 Å². The lowest BCUT2D eigenvalue weighted by molar-refractivity contribution is 0.907. The third-order valence-electron chi connectivity index (χ3n) is 2.07. The van der Waals surface area contributed by atoms with Crippen LogP contribution in [-0.4, -0.2) is 17.0 Å². The van der Waals surface area contributed by atoms with E-state index in [0.29, 0.717) is 0 Å². The van der Waals surface area contributed by atoms with Crippen LogP contribution in [0.3, 0.4) is 0 Å². The average molecular weight is 255 g/mol. The first kappa shape index (κ1) is 11.2. The zero-order chi connectivity index (χ0) is 11.5. The smallest absolute Gasteiger partial charge is 0.221 e. The Hall–Kier alpha value is -1.33. The molecule has 2 heterocycles. The molecule has 16 heavy (non-hydrogen) atoms. The van der Waals surface area contributed by atoms with E-state index in [-0.39, 0.29) is 5.95 Å².